The number of benzene rings is 2. The Hall–Kier alpha value is -3.29. The Balaban J connectivity index is 1.87. The predicted molar refractivity (Wildman–Crippen MR) is 129 cm³/mol. The number of aromatic nitrogens is 3. The van der Waals surface area contributed by atoms with Crippen LogP contribution in [0.3, 0.4) is 0 Å². The summed E-state index contributed by atoms with van der Waals surface area (Å²) < 4.78 is 14.2. The number of hydrogen-bond donors (Lipinski definition) is 1. The zero-order valence-corrected chi connectivity index (χ0v) is 20.5. The molecule has 3 aromatic rings. The maximum absolute atomic E-state index is 12.4. The number of ether oxygens (including phenoxy) is 2. The molecule has 0 spiro atoms. The van der Waals surface area contributed by atoms with E-state index in [0.717, 1.165) is 15.9 Å². The molecule has 170 valence electrons. The van der Waals surface area contributed by atoms with E-state index in [9.17, 15) is 10.1 Å². The van der Waals surface area contributed by atoms with Crippen LogP contribution in [0.4, 0.5) is 0 Å². The minimum absolute atomic E-state index is 0.000164. The van der Waals surface area contributed by atoms with Crippen LogP contribution in [0.1, 0.15) is 19.7 Å². The van der Waals surface area contributed by atoms with Gasteiger partial charge in [-0.15, -0.1) is 10.2 Å². The Morgan fingerprint density at radius 1 is 1.12 bits per heavy atom. The standard InChI is InChI=1S/C23H22BrN5O3S/c1-3-31-18-10-6-17(7-11-18)29-22(13-32-19-8-4-16(24)5-9-19)27-28-23(29)33-14-21(30)20(12-25)15(2)26/h4-11H,3,13-14,26H2,1-2H3/b20-15+. The summed E-state index contributed by atoms with van der Waals surface area (Å²) in [6.07, 6.45) is 0. The van der Waals surface area contributed by atoms with Gasteiger partial charge in [-0.05, 0) is 62.4 Å². The highest BCUT2D eigenvalue weighted by Crippen LogP contribution is 2.26. The van der Waals surface area contributed by atoms with Crippen molar-refractivity contribution in [1.29, 1.82) is 5.26 Å². The van der Waals surface area contributed by atoms with Gasteiger partial charge >= 0.3 is 0 Å². The van der Waals surface area contributed by atoms with Gasteiger partial charge in [0.05, 0.1) is 12.4 Å². The van der Waals surface area contributed by atoms with E-state index in [2.05, 4.69) is 26.1 Å². The third kappa shape index (κ3) is 6.37. The first-order valence-corrected chi connectivity index (χ1v) is 11.8. The fraction of sp³-hybridized carbons (Fsp3) is 0.217. The van der Waals surface area contributed by atoms with Crippen LogP contribution in [0.2, 0.25) is 0 Å². The average Bonchev–Trinajstić information content (AvgIpc) is 3.21. The third-order valence-electron chi connectivity index (χ3n) is 4.41. The molecule has 0 saturated carbocycles. The van der Waals surface area contributed by atoms with Crippen molar-refractivity contribution in [3.63, 3.8) is 0 Å². The molecule has 0 aliphatic rings. The molecule has 2 N–H and O–H groups in total. The van der Waals surface area contributed by atoms with Crippen molar-refractivity contribution < 1.29 is 14.3 Å². The highest BCUT2D eigenvalue weighted by atomic mass is 79.9. The molecule has 10 heteroatoms. The summed E-state index contributed by atoms with van der Waals surface area (Å²) in [5.74, 6) is 1.62. The molecule has 0 aliphatic carbocycles. The molecule has 0 atom stereocenters. The molecule has 8 nitrogen and oxygen atoms in total. The Kier molecular flexibility index (Phi) is 8.52. The van der Waals surface area contributed by atoms with Crippen LogP contribution >= 0.6 is 27.7 Å². The van der Waals surface area contributed by atoms with Gasteiger partial charge < -0.3 is 15.2 Å². The van der Waals surface area contributed by atoms with Gasteiger partial charge in [0.25, 0.3) is 0 Å². The molecule has 0 saturated heterocycles. The van der Waals surface area contributed by atoms with Crippen LogP contribution in [0.15, 0.2) is 69.4 Å². The first kappa shape index (κ1) is 24.4. The van der Waals surface area contributed by atoms with Crippen molar-refractivity contribution in [1.82, 2.24) is 14.8 Å². The van der Waals surface area contributed by atoms with Crippen LogP contribution < -0.4 is 15.2 Å². The van der Waals surface area contributed by atoms with E-state index >= 15 is 0 Å². The number of thioether (sulfide) groups is 1. The second kappa shape index (κ2) is 11.5. The molecule has 0 fully saturated rings. The van der Waals surface area contributed by atoms with E-state index in [4.69, 9.17) is 15.2 Å². The molecule has 1 heterocycles. The SMILES string of the molecule is CCOc1ccc(-n2c(COc3ccc(Br)cc3)nnc2SCC(=O)/C(C#N)=C(\C)N)cc1. The number of halogens is 1. The number of nitrogens with two attached hydrogens (primary N) is 1. The molecule has 0 unspecified atom stereocenters. The molecule has 0 bridgehead atoms. The maximum atomic E-state index is 12.4. The molecule has 1 aromatic heterocycles. The molecular weight excluding hydrogens is 506 g/mol. The topological polar surface area (TPSA) is 116 Å². The van der Waals surface area contributed by atoms with E-state index in [1.807, 2.05) is 66.1 Å². The van der Waals surface area contributed by atoms with Gasteiger partial charge in [-0.1, -0.05) is 27.7 Å². The largest absolute Gasteiger partial charge is 0.494 e. The second-order valence-electron chi connectivity index (χ2n) is 6.79. The summed E-state index contributed by atoms with van der Waals surface area (Å²) in [7, 11) is 0. The highest BCUT2D eigenvalue weighted by Gasteiger charge is 2.19. The van der Waals surface area contributed by atoms with Crippen molar-refractivity contribution in [2.75, 3.05) is 12.4 Å². The smallest absolute Gasteiger partial charge is 0.196 e. The Morgan fingerprint density at radius 3 is 2.36 bits per heavy atom. The third-order valence-corrected chi connectivity index (χ3v) is 5.86. The molecule has 33 heavy (non-hydrogen) atoms. The summed E-state index contributed by atoms with van der Waals surface area (Å²) in [6.45, 7) is 4.18. The van der Waals surface area contributed by atoms with Crippen molar-refractivity contribution >= 4 is 33.5 Å². The number of nitriles is 1. The first-order valence-electron chi connectivity index (χ1n) is 10.0. The van der Waals surface area contributed by atoms with Crippen LogP contribution in [-0.4, -0.2) is 32.9 Å². The van der Waals surface area contributed by atoms with E-state index in [0.29, 0.717) is 23.3 Å². The minimum atomic E-state index is -0.364. The fourth-order valence-corrected chi connectivity index (χ4v) is 3.96. The van der Waals surface area contributed by atoms with Gasteiger partial charge in [0.1, 0.15) is 29.7 Å². The van der Waals surface area contributed by atoms with Crippen LogP contribution in [0, 0.1) is 11.3 Å². The molecular formula is C23H22BrN5O3S. The maximum Gasteiger partial charge on any atom is 0.196 e. The summed E-state index contributed by atoms with van der Waals surface area (Å²) >= 11 is 4.58. The Bertz CT molecular complexity index is 1180. The van der Waals surface area contributed by atoms with E-state index in [-0.39, 0.29) is 29.4 Å². The Labute approximate surface area is 204 Å². The van der Waals surface area contributed by atoms with Crippen molar-refractivity contribution in [2.24, 2.45) is 5.73 Å². The Morgan fingerprint density at radius 2 is 1.76 bits per heavy atom. The molecule has 0 amide bonds. The predicted octanol–water partition coefficient (Wildman–Crippen LogP) is 4.42. The number of allylic oxidation sites excluding steroid dienone is 2. The van der Waals surface area contributed by atoms with Gasteiger partial charge in [-0.25, -0.2) is 0 Å². The first-order chi connectivity index (χ1) is 15.9. The summed E-state index contributed by atoms with van der Waals surface area (Å²) in [6, 6.07) is 16.8. The summed E-state index contributed by atoms with van der Waals surface area (Å²) in [5, 5.41) is 18.2. The zero-order chi connectivity index (χ0) is 23.8. The molecule has 3 rings (SSSR count). The van der Waals surface area contributed by atoms with Crippen molar-refractivity contribution in [3.05, 3.63) is 70.1 Å². The van der Waals surface area contributed by atoms with Crippen LogP contribution in [0.5, 0.6) is 11.5 Å². The molecule has 0 radical (unpaired) electrons. The molecule has 2 aromatic carbocycles. The van der Waals surface area contributed by atoms with Crippen LogP contribution in [0.25, 0.3) is 5.69 Å². The summed E-state index contributed by atoms with van der Waals surface area (Å²) in [5.41, 5.74) is 6.58. The lowest BCUT2D eigenvalue weighted by Crippen LogP contribution is -2.11. The van der Waals surface area contributed by atoms with Gasteiger partial charge in [0.2, 0.25) is 0 Å². The number of carbonyl (C=O) groups is 1. The lowest BCUT2D eigenvalue weighted by atomic mass is 10.2. The van der Waals surface area contributed by atoms with Gasteiger partial charge in [-0.2, -0.15) is 5.26 Å². The van der Waals surface area contributed by atoms with E-state index < -0.39 is 0 Å². The normalized spacial score (nSPS) is 11.5. The number of ketones is 1. The molecule has 0 aliphatic heterocycles. The highest BCUT2D eigenvalue weighted by molar-refractivity contribution is 9.10. The number of nitrogens with zero attached hydrogens (tertiary/aromatic N) is 4. The quantitative estimate of drug-likeness (QED) is 0.234. The van der Waals surface area contributed by atoms with Crippen LogP contribution in [-0.2, 0) is 11.4 Å². The van der Waals surface area contributed by atoms with Gasteiger partial charge in [0, 0.05) is 15.9 Å². The number of carbonyl (C=O) groups excluding carboxylic acids is 1. The number of rotatable bonds is 10. The monoisotopic (exact) mass is 527 g/mol. The number of Topliss-reactive ketones (excluding diaryl/α,β-unsaturated/α-hetero) is 1. The van der Waals surface area contributed by atoms with E-state index in [1.165, 1.54) is 18.7 Å². The van der Waals surface area contributed by atoms with E-state index in [1.54, 1.807) is 0 Å². The average molecular weight is 528 g/mol. The van der Waals surface area contributed by atoms with Crippen molar-refractivity contribution in [3.8, 4) is 23.3 Å². The fourth-order valence-electron chi connectivity index (χ4n) is 2.86. The second-order valence-corrected chi connectivity index (χ2v) is 8.64. The zero-order valence-electron chi connectivity index (χ0n) is 18.1. The summed E-state index contributed by atoms with van der Waals surface area (Å²) in [4.78, 5) is 12.4. The minimum Gasteiger partial charge on any atom is -0.494 e. The van der Waals surface area contributed by atoms with Gasteiger partial charge in [-0.3, -0.25) is 9.36 Å². The lowest BCUT2D eigenvalue weighted by molar-refractivity contribution is -0.112. The lowest BCUT2D eigenvalue weighted by Gasteiger charge is -2.12. The van der Waals surface area contributed by atoms with Gasteiger partial charge in [0.15, 0.2) is 16.8 Å². The van der Waals surface area contributed by atoms with Crippen molar-refractivity contribution in [2.45, 2.75) is 25.6 Å². The number of hydrogen-bond acceptors (Lipinski definition) is 8.